The number of rotatable bonds is 5. The average Bonchev–Trinajstić information content (AvgIpc) is 3.06. The zero-order valence-corrected chi connectivity index (χ0v) is 11.4. The standard InChI is InChI=1S/C13H14N4O4/c1-7-11(21-13(14-7)8-2-3-8)12(20)15-9-4-5-17(16-9)6-10(18)19/h4-5,8H,2-3,6H2,1H3,(H,18,19)(H,15,16,20). The molecule has 0 bridgehead atoms. The first-order valence-electron chi connectivity index (χ1n) is 6.57. The molecular formula is C13H14N4O4. The number of nitrogens with zero attached hydrogens (tertiary/aromatic N) is 3. The quantitative estimate of drug-likeness (QED) is 0.861. The maximum absolute atomic E-state index is 12.1. The zero-order chi connectivity index (χ0) is 15.0. The fourth-order valence-electron chi connectivity index (χ4n) is 1.96. The van der Waals surface area contributed by atoms with Gasteiger partial charge < -0.3 is 14.8 Å². The van der Waals surface area contributed by atoms with Gasteiger partial charge in [0, 0.05) is 18.2 Å². The minimum absolute atomic E-state index is 0.171. The van der Waals surface area contributed by atoms with Gasteiger partial charge in [-0.15, -0.1) is 0 Å². The first-order valence-corrected chi connectivity index (χ1v) is 6.57. The number of anilines is 1. The van der Waals surface area contributed by atoms with Gasteiger partial charge in [-0.25, -0.2) is 4.98 Å². The third-order valence-corrected chi connectivity index (χ3v) is 3.13. The average molecular weight is 290 g/mol. The SMILES string of the molecule is Cc1nc(C2CC2)oc1C(=O)Nc1ccn(CC(=O)O)n1. The Bertz CT molecular complexity index is 699. The number of carboxylic acid groups (broad SMARTS) is 1. The third kappa shape index (κ3) is 2.93. The highest BCUT2D eigenvalue weighted by molar-refractivity contribution is 6.02. The molecule has 8 nitrogen and oxygen atoms in total. The molecule has 1 aliphatic carbocycles. The van der Waals surface area contributed by atoms with Crippen molar-refractivity contribution in [3.05, 3.63) is 29.6 Å². The van der Waals surface area contributed by atoms with E-state index in [4.69, 9.17) is 9.52 Å². The Morgan fingerprint density at radius 2 is 2.29 bits per heavy atom. The number of oxazole rings is 1. The molecule has 0 aromatic carbocycles. The number of hydrogen-bond donors (Lipinski definition) is 2. The van der Waals surface area contributed by atoms with E-state index in [0.29, 0.717) is 17.5 Å². The van der Waals surface area contributed by atoms with Gasteiger partial charge in [0.2, 0.25) is 5.76 Å². The predicted octanol–water partition coefficient (Wildman–Crippen LogP) is 1.39. The molecule has 2 aromatic rings. The van der Waals surface area contributed by atoms with Gasteiger partial charge in [-0.1, -0.05) is 0 Å². The first-order chi connectivity index (χ1) is 10.0. The molecule has 1 fully saturated rings. The Morgan fingerprint density at radius 3 is 2.95 bits per heavy atom. The van der Waals surface area contributed by atoms with Gasteiger partial charge in [0.15, 0.2) is 11.7 Å². The molecule has 2 heterocycles. The van der Waals surface area contributed by atoms with Crippen LogP contribution in [0.5, 0.6) is 0 Å². The highest BCUT2D eigenvalue weighted by Gasteiger charge is 2.31. The van der Waals surface area contributed by atoms with Crippen LogP contribution in [-0.4, -0.2) is 31.7 Å². The van der Waals surface area contributed by atoms with E-state index < -0.39 is 11.9 Å². The molecule has 0 aliphatic heterocycles. The summed E-state index contributed by atoms with van der Waals surface area (Å²) in [4.78, 5) is 26.9. The molecule has 0 unspecified atom stereocenters. The summed E-state index contributed by atoms with van der Waals surface area (Å²) in [6.45, 7) is 1.45. The summed E-state index contributed by atoms with van der Waals surface area (Å²) < 4.78 is 6.71. The number of carboxylic acids is 1. The van der Waals surface area contributed by atoms with Crippen molar-refractivity contribution in [3.8, 4) is 0 Å². The van der Waals surface area contributed by atoms with Crippen molar-refractivity contribution in [3.63, 3.8) is 0 Å². The third-order valence-electron chi connectivity index (χ3n) is 3.13. The van der Waals surface area contributed by atoms with Crippen LogP contribution in [0, 0.1) is 6.92 Å². The van der Waals surface area contributed by atoms with E-state index in [0.717, 1.165) is 12.8 Å². The lowest BCUT2D eigenvalue weighted by Gasteiger charge is -1.99. The van der Waals surface area contributed by atoms with E-state index in [-0.39, 0.29) is 18.1 Å². The van der Waals surface area contributed by atoms with Crippen LogP contribution < -0.4 is 5.32 Å². The Kier molecular flexibility index (Phi) is 3.20. The van der Waals surface area contributed by atoms with E-state index in [1.165, 1.54) is 16.9 Å². The lowest BCUT2D eigenvalue weighted by molar-refractivity contribution is -0.137. The second-order valence-corrected chi connectivity index (χ2v) is 4.99. The second kappa shape index (κ2) is 5.04. The van der Waals surface area contributed by atoms with E-state index in [1.54, 1.807) is 6.92 Å². The summed E-state index contributed by atoms with van der Waals surface area (Å²) in [6, 6.07) is 1.52. The van der Waals surface area contributed by atoms with Crippen molar-refractivity contribution in [1.82, 2.24) is 14.8 Å². The summed E-state index contributed by atoms with van der Waals surface area (Å²) in [6.07, 6.45) is 3.56. The summed E-state index contributed by atoms with van der Waals surface area (Å²) in [5.74, 6) is -0.0626. The number of amides is 1. The van der Waals surface area contributed by atoms with Crippen LogP contribution in [0.4, 0.5) is 5.82 Å². The number of carbonyl (C=O) groups excluding carboxylic acids is 1. The molecule has 2 N–H and O–H groups in total. The Labute approximate surface area is 119 Å². The molecule has 8 heteroatoms. The van der Waals surface area contributed by atoms with Crippen molar-refractivity contribution < 1.29 is 19.1 Å². The molecular weight excluding hydrogens is 276 g/mol. The van der Waals surface area contributed by atoms with Gasteiger partial charge in [0.1, 0.15) is 6.54 Å². The summed E-state index contributed by atoms with van der Waals surface area (Å²) >= 11 is 0. The van der Waals surface area contributed by atoms with Gasteiger partial charge in [0.25, 0.3) is 5.91 Å². The molecule has 1 aliphatic rings. The maximum atomic E-state index is 12.1. The largest absolute Gasteiger partial charge is 0.480 e. The van der Waals surface area contributed by atoms with E-state index >= 15 is 0 Å². The summed E-state index contributed by atoms with van der Waals surface area (Å²) in [7, 11) is 0. The highest BCUT2D eigenvalue weighted by Crippen LogP contribution is 2.40. The van der Waals surface area contributed by atoms with Crippen LogP contribution in [0.15, 0.2) is 16.7 Å². The lowest BCUT2D eigenvalue weighted by atomic mass is 10.3. The Balaban J connectivity index is 1.70. The van der Waals surface area contributed by atoms with Gasteiger partial charge in [-0.3, -0.25) is 14.3 Å². The molecule has 1 amide bonds. The van der Waals surface area contributed by atoms with E-state index in [9.17, 15) is 9.59 Å². The summed E-state index contributed by atoms with van der Waals surface area (Å²) in [5.41, 5.74) is 0.541. The topological polar surface area (TPSA) is 110 Å². The Hall–Kier alpha value is -2.64. The van der Waals surface area contributed by atoms with E-state index in [2.05, 4.69) is 15.4 Å². The van der Waals surface area contributed by atoms with Crippen LogP contribution in [0.3, 0.4) is 0 Å². The van der Waals surface area contributed by atoms with Crippen LogP contribution in [-0.2, 0) is 11.3 Å². The van der Waals surface area contributed by atoms with E-state index in [1.807, 2.05) is 0 Å². The molecule has 1 saturated carbocycles. The second-order valence-electron chi connectivity index (χ2n) is 4.99. The van der Waals surface area contributed by atoms with Crippen molar-refractivity contribution in [2.75, 3.05) is 5.32 Å². The zero-order valence-electron chi connectivity index (χ0n) is 11.4. The minimum Gasteiger partial charge on any atom is -0.480 e. The molecule has 3 rings (SSSR count). The molecule has 0 atom stereocenters. The van der Waals surface area contributed by atoms with Gasteiger partial charge >= 0.3 is 5.97 Å². The molecule has 0 spiro atoms. The summed E-state index contributed by atoms with van der Waals surface area (Å²) in [5, 5.41) is 15.2. The Morgan fingerprint density at radius 1 is 1.52 bits per heavy atom. The molecule has 21 heavy (non-hydrogen) atoms. The van der Waals surface area contributed by atoms with Crippen molar-refractivity contribution in [1.29, 1.82) is 0 Å². The van der Waals surface area contributed by atoms with Gasteiger partial charge in [-0.05, 0) is 19.8 Å². The first kappa shape index (κ1) is 13.3. The smallest absolute Gasteiger partial charge is 0.325 e. The number of aryl methyl sites for hydroxylation is 1. The fraction of sp³-hybridized carbons (Fsp3) is 0.385. The number of hydrogen-bond acceptors (Lipinski definition) is 5. The predicted molar refractivity (Wildman–Crippen MR) is 71.0 cm³/mol. The molecule has 0 saturated heterocycles. The van der Waals surface area contributed by atoms with Crippen molar-refractivity contribution >= 4 is 17.7 Å². The number of nitrogens with one attached hydrogen (secondary N) is 1. The van der Waals surface area contributed by atoms with Crippen LogP contribution in [0.1, 0.15) is 40.9 Å². The minimum atomic E-state index is -1.00. The molecule has 2 aromatic heterocycles. The van der Waals surface area contributed by atoms with Crippen molar-refractivity contribution in [2.45, 2.75) is 32.2 Å². The normalized spacial score (nSPS) is 14.1. The van der Waals surface area contributed by atoms with Crippen LogP contribution in [0.25, 0.3) is 0 Å². The number of aliphatic carboxylic acids is 1. The van der Waals surface area contributed by atoms with Crippen LogP contribution in [0.2, 0.25) is 0 Å². The lowest BCUT2D eigenvalue weighted by Crippen LogP contribution is -2.14. The van der Waals surface area contributed by atoms with Gasteiger partial charge in [-0.2, -0.15) is 5.10 Å². The van der Waals surface area contributed by atoms with Crippen molar-refractivity contribution in [2.24, 2.45) is 0 Å². The highest BCUT2D eigenvalue weighted by atomic mass is 16.4. The number of aromatic nitrogens is 3. The monoisotopic (exact) mass is 290 g/mol. The number of carbonyl (C=O) groups is 2. The molecule has 110 valence electrons. The maximum Gasteiger partial charge on any atom is 0.325 e. The van der Waals surface area contributed by atoms with Crippen LogP contribution >= 0.6 is 0 Å². The van der Waals surface area contributed by atoms with Gasteiger partial charge in [0.05, 0.1) is 5.69 Å². The molecule has 0 radical (unpaired) electrons. The fourth-order valence-corrected chi connectivity index (χ4v) is 1.96.